The first-order chi connectivity index (χ1) is 10.1. The number of nitrogens with one attached hydrogen (secondary N) is 2. The Kier molecular flexibility index (Phi) is 10.2. The third-order valence-electron chi connectivity index (χ3n) is 3.90. The highest BCUT2D eigenvalue weighted by atomic mass is 35.5. The van der Waals surface area contributed by atoms with E-state index in [9.17, 15) is 9.18 Å². The van der Waals surface area contributed by atoms with Crippen molar-refractivity contribution in [1.29, 1.82) is 0 Å². The molecule has 23 heavy (non-hydrogen) atoms. The fourth-order valence-corrected chi connectivity index (χ4v) is 2.74. The fraction of sp³-hybridized carbons (Fsp3) is 0.562. The van der Waals surface area contributed by atoms with E-state index < -0.39 is 0 Å². The zero-order valence-electron chi connectivity index (χ0n) is 13.5. The normalized spacial score (nSPS) is 18.4. The van der Waals surface area contributed by atoms with E-state index in [1.807, 2.05) is 20.0 Å². The second kappa shape index (κ2) is 10.7. The summed E-state index contributed by atoms with van der Waals surface area (Å²) in [6.45, 7) is 4.23. The first-order valence-corrected chi connectivity index (χ1v) is 7.55. The van der Waals surface area contributed by atoms with Gasteiger partial charge in [0.25, 0.3) is 0 Å². The van der Waals surface area contributed by atoms with Crippen LogP contribution in [0.3, 0.4) is 0 Å². The van der Waals surface area contributed by atoms with Gasteiger partial charge in [-0.25, -0.2) is 4.39 Å². The molecule has 2 N–H and O–H groups in total. The van der Waals surface area contributed by atoms with Crippen LogP contribution in [0.15, 0.2) is 24.3 Å². The van der Waals surface area contributed by atoms with Crippen molar-refractivity contribution in [3.63, 3.8) is 0 Å². The van der Waals surface area contributed by atoms with Gasteiger partial charge in [0.05, 0.1) is 0 Å². The third-order valence-corrected chi connectivity index (χ3v) is 3.90. The summed E-state index contributed by atoms with van der Waals surface area (Å²) in [6.07, 6.45) is 1.98. The van der Waals surface area contributed by atoms with E-state index in [-0.39, 0.29) is 48.5 Å². The van der Waals surface area contributed by atoms with Crippen LogP contribution in [0.2, 0.25) is 0 Å². The van der Waals surface area contributed by atoms with Crippen molar-refractivity contribution < 1.29 is 9.18 Å². The minimum absolute atomic E-state index is 0. The van der Waals surface area contributed by atoms with Gasteiger partial charge in [0.2, 0.25) is 5.91 Å². The zero-order chi connectivity index (χ0) is 15.2. The molecule has 0 bridgehead atoms. The van der Waals surface area contributed by atoms with Crippen molar-refractivity contribution in [2.24, 2.45) is 5.92 Å². The molecular weight excluding hydrogens is 340 g/mol. The maximum atomic E-state index is 13.3. The second-order valence-corrected chi connectivity index (χ2v) is 5.73. The van der Waals surface area contributed by atoms with Crippen LogP contribution >= 0.6 is 24.8 Å². The number of benzene rings is 1. The summed E-state index contributed by atoms with van der Waals surface area (Å²) in [5.74, 6) is -0.184. The summed E-state index contributed by atoms with van der Waals surface area (Å²) in [4.78, 5) is 14.2. The summed E-state index contributed by atoms with van der Waals surface area (Å²) in [5.41, 5.74) is 0.886. The molecule has 2 unspecified atom stereocenters. The van der Waals surface area contributed by atoms with Gasteiger partial charge in [-0.05, 0) is 38.1 Å². The molecule has 1 heterocycles. The number of halogens is 3. The standard InChI is InChI=1S/C16H24FN3O.2ClH/c1-12(10-18-2)16(21)19-14-6-4-8-20(11-14)15-7-3-5-13(17)9-15;;/h3,5,7,9,12,14,18H,4,6,8,10-11H2,1-2H3,(H,19,21);2*1H. The van der Waals surface area contributed by atoms with E-state index in [0.717, 1.165) is 31.6 Å². The maximum Gasteiger partial charge on any atom is 0.224 e. The Balaban J connectivity index is 0.00000242. The van der Waals surface area contributed by atoms with Crippen molar-refractivity contribution >= 4 is 36.4 Å². The molecule has 0 aromatic heterocycles. The predicted octanol–water partition coefficient (Wildman–Crippen LogP) is 2.61. The number of hydrogen-bond acceptors (Lipinski definition) is 3. The maximum absolute atomic E-state index is 13.3. The minimum Gasteiger partial charge on any atom is -0.369 e. The molecule has 2 rings (SSSR count). The minimum atomic E-state index is -0.221. The highest BCUT2D eigenvalue weighted by Gasteiger charge is 2.23. The summed E-state index contributed by atoms with van der Waals surface area (Å²) < 4.78 is 13.3. The topological polar surface area (TPSA) is 44.4 Å². The lowest BCUT2D eigenvalue weighted by molar-refractivity contribution is -0.125. The number of carbonyl (C=O) groups excluding carboxylic acids is 1. The number of anilines is 1. The van der Waals surface area contributed by atoms with Gasteiger partial charge in [0.1, 0.15) is 5.82 Å². The Morgan fingerprint density at radius 3 is 2.83 bits per heavy atom. The SMILES string of the molecule is CNCC(C)C(=O)NC1CCCN(c2cccc(F)c2)C1.Cl.Cl. The molecular formula is C16H26Cl2FN3O. The molecule has 0 saturated carbocycles. The van der Waals surface area contributed by atoms with Crippen molar-refractivity contribution in [1.82, 2.24) is 10.6 Å². The molecule has 0 spiro atoms. The lowest BCUT2D eigenvalue weighted by atomic mass is 10.0. The van der Waals surface area contributed by atoms with Crippen LogP contribution < -0.4 is 15.5 Å². The quantitative estimate of drug-likeness (QED) is 0.842. The Morgan fingerprint density at radius 1 is 1.43 bits per heavy atom. The molecule has 1 aromatic rings. The van der Waals surface area contributed by atoms with E-state index >= 15 is 0 Å². The summed E-state index contributed by atoms with van der Waals surface area (Å²) in [7, 11) is 1.84. The number of rotatable bonds is 5. The lowest BCUT2D eigenvalue weighted by Gasteiger charge is -2.35. The lowest BCUT2D eigenvalue weighted by Crippen LogP contribution is -2.49. The van der Waals surface area contributed by atoms with Gasteiger partial charge in [0.15, 0.2) is 0 Å². The van der Waals surface area contributed by atoms with E-state index in [0.29, 0.717) is 6.54 Å². The predicted molar refractivity (Wildman–Crippen MR) is 97.4 cm³/mol. The molecule has 1 fully saturated rings. The molecule has 7 heteroatoms. The van der Waals surface area contributed by atoms with Gasteiger partial charge in [-0.15, -0.1) is 24.8 Å². The number of amides is 1. The number of nitrogens with zero attached hydrogens (tertiary/aromatic N) is 1. The van der Waals surface area contributed by atoms with Gasteiger partial charge in [0, 0.05) is 37.3 Å². The molecule has 1 amide bonds. The molecule has 4 nitrogen and oxygen atoms in total. The van der Waals surface area contributed by atoms with Gasteiger partial charge in [-0.3, -0.25) is 4.79 Å². The van der Waals surface area contributed by atoms with E-state index in [4.69, 9.17) is 0 Å². The summed E-state index contributed by atoms with van der Waals surface area (Å²) in [6, 6.07) is 6.77. The smallest absolute Gasteiger partial charge is 0.224 e. The fourth-order valence-electron chi connectivity index (χ4n) is 2.74. The van der Waals surface area contributed by atoms with Crippen LogP contribution in [-0.4, -0.2) is 38.6 Å². The highest BCUT2D eigenvalue weighted by Crippen LogP contribution is 2.20. The van der Waals surface area contributed by atoms with Gasteiger partial charge < -0.3 is 15.5 Å². The van der Waals surface area contributed by atoms with Crippen LogP contribution in [-0.2, 0) is 4.79 Å². The molecule has 1 saturated heterocycles. The third kappa shape index (κ3) is 6.53. The van der Waals surface area contributed by atoms with Crippen LogP contribution in [0.5, 0.6) is 0 Å². The first-order valence-electron chi connectivity index (χ1n) is 7.55. The van der Waals surface area contributed by atoms with Crippen molar-refractivity contribution in [2.75, 3.05) is 31.6 Å². The number of carbonyl (C=O) groups is 1. The number of hydrogen-bond donors (Lipinski definition) is 2. The molecule has 0 aliphatic carbocycles. The van der Waals surface area contributed by atoms with Crippen LogP contribution in [0.25, 0.3) is 0 Å². The Morgan fingerprint density at radius 2 is 2.17 bits per heavy atom. The Bertz CT molecular complexity index is 490. The molecule has 132 valence electrons. The largest absolute Gasteiger partial charge is 0.369 e. The molecule has 1 aliphatic heterocycles. The van der Waals surface area contributed by atoms with Crippen LogP contribution in [0.4, 0.5) is 10.1 Å². The van der Waals surface area contributed by atoms with Crippen molar-refractivity contribution in [3.05, 3.63) is 30.1 Å². The zero-order valence-corrected chi connectivity index (χ0v) is 15.2. The highest BCUT2D eigenvalue weighted by molar-refractivity contribution is 5.85. The molecule has 2 atom stereocenters. The number of piperidine rings is 1. The average Bonchev–Trinajstić information content (AvgIpc) is 2.48. The summed E-state index contributed by atoms with van der Waals surface area (Å²) in [5, 5.41) is 6.12. The van der Waals surface area contributed by atoms with E-state index in [2.05, 4.69) is 15.5 Å². The van der Waals surface area contributed by atoms with Crippen LogP contribution in [0, 0.1) is 11.7 Å². The van der Waals surface area contributed by atoms with Gasteiger partial charge in [-0.2, -0.15) is 0 Å². The van der Waals surface area contributed by atoms with Crippen molar-refractivity contribution in [2.45, 2.75) is 25.8 Å². The van der Waals surface area contributed by atoms with Crippen LogP contribution in [0.1, 0.15) is 19.8 Å². The first kappa shape index (κ1) is 22.0. The molecule has 1 aliphatic rings. The Hall–Kier alpha value is -1.04. The van der Waals surface area contributed by atoms with Crippen molar-refractivity contribution in [3.8, 4) is 0 Å². The van der Waals surface area contributed by atoms with E-state index in [1.54, 1.807) is 12.1 Å². The summed E-state index contributed by atoms with van der Waals surface area (Å²) >= 11 is 0. The second-order valence-electron chi connectivity index (χ2n) is 5.73. The molecule has 1 aromatic carbocycles. The molecule has 0 radical (unpaired) electrons. The monoisotopic (exact) mass is 365 g/mol. The Labute approximate surface area is 150 Å². The van der Waals surface area contributed by atoms with E-state index in [1.165, 1.54) is 6.07 Å². The van der Waals surface area contributed by atoms with Gasteiger partial charge in [-0.1, -0.05) is 13.0 Å². The average molecular weight is 366 g/mol. The van der Waals surface area contributed by atoms with Gasteiger partial charge >= 0.3 is 0 Å².